The minimum Gasteiger partial charge on any atom is -0.363 e. The van der Waals surface area contributed by atoms with Crippen LogP contribution in [0.2, 0.25) is 0 Å². The molecule has 0 fully saturated rings. The molecule has 3 aromatic rings. The number of methoxy groups -OCH3 is 2. The molecule has 162 valence electrons. The van der Waals surface area contributed by atoms with Crippen molar-refractivity contribution in [2.75, 3.05) is 31.4 Å². The van der Waals surface area contributed by atoms with Crippen molar-refractivity contribution in [2.45, 2.75) is 26.2 Å². The Morgan fingerprint density at radius 1 is 1.23 bits per heavy atom. The highest BCUT2D eigenvalue weighted by atomic mass is 79.9. The molecule has 0 aliphatic carbocycles. The van der Waals surface area contributed by atoms with Crippen LogP contribution in [-0.2, 0) is 9.47 Å². The van der Waals surface area contributed by atoms with Crippen LogP contribution < -0.4 is 10.6 Å². The van der Waals surface area contributed by atoms with E-state index in [0.717, 1.165) is 11.1 Å². The first-order valence-corrected chi connectivity index (χ1v) is 10.4. The minimum atomic E-state index is -0.479. The SMILES string of the molecule is COC(CNc1nc(N[C@H](C)c2cccc(C#N)c2C)c2cc(Br)c(F)cc2n1)OC. The second-order valence-electron chi connectivity index (χ2n) is 6.96. The van der Waals surface area contributed by atoms with E-state index >= 15 is 0 Å². The highest BCUT2D eigenvalue weighted by Crippen LogP contribution is 2.31. The summed E-state index contributed by atoms with van der Waals surface area (Å²) in [7, 11) is 3.08. The Morgan fingerprint density at radius 3 is 2.65 bits per heavy atom. The van der Waals surface area contributed by atoms with Gasteiger partial charge >= 0.3 is 0 Å². The normalized spacial score (nSPS) is 12.1. The molecule has 0 bridgehead atoms. The summed E-state index contributed by atoms with van der Waals surface area (Å²) in [6.45, 7) is 4.21. The monoisotopic (exact) mass is 487 g/mol. The molecule has 7 nitrogen and oxygen atoms in total. The van der Waals surface area contributed by atoms with E-state index in [0.29, 0.717) is 39.3 Å². The average molecular weight is 488 g/mol. The molecule has 1 atom stereocenters. The van der Waals surface area contributed by atoms with Crippen LogP contribution in [0.5, 0.6) is 0 Å². The number of fused-ring (bicyclic) bond motifs is 1. The Bertz CT molecular complexity index is 1130. The molecular weight excluding hydrogens is 465 g/mol. The Kier molecular flexibility index (Phi) is 7.38. The molecule has 9 heteroatoms. The highest BCUT2D eigenvalue weighted by Gasteiger charge is 2.17. The van der Waals surface area contributed by atoms with E-state index in [1.807, 2.05) is 26.0 Å². The minimum absolute atomic E-state index is 0.159. The van der Waals surface area contributed by atoms with Crippen molar-refractivity contribution in [1.82, 2.24) is 9.97 Å². The van der Waals surface area contributed by atoms with Crippen LogP contribution in [0.25, 0.3) is 10.9 Å². The van der Waals surface area contributed by atoms with Crippen LogP contribution in [-0.4, -0.2) is 37.0 Å². The van der Waals surface area contributed by atoms with Crippen molar-refractivity contribution < 1.29 is 13.9 Å². The van der Waals surface area contributed by atoms with Crippen LogP contribution in [0, 0.1) is 24.1 Å². The maximum absolute atomic E-state index is 14.2. The average Bonchev–Trinajstić information content (AvgIpc) is 2.76. The summed E-state index contributed by atoms with van der Waals surface area (Å²) in [5, 5.41) is 16.5. The summed E-state index contributed by atoms with van der Waals surface area (Å²) in [5.41, 5.74) is 2.94. The van der Waals surface area contributed by atoms with E-state index in [1.165, 1.54) is 20.3 Å². The van der Waals surface area contributed by atoms with Gasteiger partial charge in [-0.15, -0.1) is 0 Å². The number of hydrogen-bond donors (Lipinski definition) is 2. The molecule has 0 saturated carbocycles. The van der Waals surface area contributed by atoms with Gasteiger partial charge < -0.3 is 20.1 Å². The molecule has 0 saturated heterocycles. The lowest BCUT2D eigenvalue weighted by Crippen LogP contribution is -2.24. The first-order chi connectivity index (χ1) is 14.9. The molecule has 2 aromatic carbocycles. The van der Waals surface area contributed by atoms with Crippen molar-refractivity contribution in [3.63, 3.8) is 0 Å². The standard InChI is InChI=1S/C22H23BrFN5O2/c1-12-14(10-25)6-5-7-15(12)13(2)27-21-16-8-17(23)18(24)9-19(16)28-22(29-21)26-11-20(30-3)31-4/h5-9,13,20H,11H2,1-4H3,(H2,26,27,28,29)/t13-/m1/s1. The van der Waals surface area contributed by atoms with E-state index in [4.69, 9.17) is 9.47 Å². The lowest BCUT2D eigenvalue weighted by Gasteiger charge is -2.20. The summed E-state index contributed by atoms with van der Waals surface area (Å²) < 4.78 is 24.9. The van der Waals surface area contributed by atoms with Crippen LogP contribution in [0.3, 0.4) is 0 Å². The van der Waals surface area contributed by atoms with E-state index in [9.17, 15) is 9.65 Å². The molecule has 3 rings (SSSR count). The maximum atomic E-state index is 14.2. The fourth-order valence-corrected chi connectivity index (χ4v) is 3.62. The number of nitrogens with one attached hydrogen (secondary N) is 2. The van der Waals surface area contributed by atoms with Gasteiger partial charge in [0.15, 0.2) is 6.29 Å². The first kappa shape index (κ1) is 22.9. The number of aromatic nitrogens is 2. The summed E-state index contributed by atoms with van der Waals surface area (Å²) in [4.78, 5) is 9.02. The largest absolute Gasteiger partial charge is 0.363 e. The molecule has 0 spiro atoms. The van der Waals surface area contributed by atoms with Gasteiger partial charge in [-0.2, -0.15) is 10.2 Å². The van der Waals surface area contributed by atoms with Gasteiger partial charge in [0.25, 0.3) is 0 Å². The number of hydrogen-bond acceptors (Lipinski definition) is 7. The first-order valence-electron chi connectivity index (χ1n) is 9.60. The fourth-order valence-electron chi connectivity index (χ4n) is 3.28. The maximum Gasteiger partial charge on any atom is 0.225 e. The van der Waals surface area contributed by atoms with Gasteiger partial charge in [0, 0.05) is 25.7 Å². The molecule has 0 radical (unpaired) electrons. The summed E-state index contributed by atoms with van der Waals surface area (Å²) in [5.74, 6) is 0.430. The Labute approximate surface area is 188 Å². The van der Waals surface area contributed by atoms with Crippen molar-refractivity contribution in [2.24, 2.45) is 0 Å². The van der Waals surface area contributed by atoms with E-state index in [-0.39, 0.29) is 6.04 Å². The highest BCUT2D eigenvalue weighted by molar-refractivity contribution is 9.10. The van der Waals surface area contributed by atoms with E-state index in [1.54, 1.807) is 12.1 Å². The van der Waals surface area contributed by atoms with Crippen LogP contribution in [0.1, 0.15) is 29.7 Å². The van der Waals surface area contributed by atoms with Gasteiger partial charge in [-0.05, 0) is 53.0 Å². The van der Waals surface area contributed by atoms with Gasteiger partial charge in [0.2, 0.25) is 5.95 Å². The number of nitrogens with zero attached hydrogens (tertiary/aromatic N) is 3. The van der Waals surface area contributed by atoms with Crippen molar-refractivity contribution in [3.05, 3.63) is 57.3 Å². The lowest BCUT2D eigenvalue weighted by atomic mass is 9.98. The van der Waals surface area contributed by atoms with Crippen LogP contribution in [0.15, 0.2) is 34.8 Å². The summed E-state index contributed by atoms with van der Waals surface area (Å²) in [6, 6.07) is 10.7. The Balaban J connectivity index is 2.01. The smallest absolute Gasteiger partial charge is 0.225 e. The van der Waals surface area contributed by atoms with Crippen LogP contribution in [0.4, 0.5) is 16.2 Å². The number of benzene rings is 2. The number of halogens is 2. The number of anilines is 2. The zero-order valence-corrected chi connectivity index (χ0v) is 19.2. The predicted molar refractivity (Wildman–Crippen MR) is 121 cm³/mol. The van der Waals surface area contributed by atoms with Crippen molar-refractivity contribution in [1.29, 1.82) is 5.26 Å². The molecule has 0 aliphatic rings. The van der Waals surface area contributed by atoms with Crippen molar-refractivity contribution >= 4 is 38.6 Å². The van der Waals surface area contributed by atoms with E-state index < -0.39 is 12.1 Å². The van der Waals surface area contributed by atoms with Gasteiger partial charge in [-0.1, -0.05) is 12.1 Å². The molecule has 1 heterocycles. The number of rotatable bonds is 8. The summed E-state index contributed by atoms with van der Waals surface area (Å²) in [6.07, 6.45) is -0.479. The van der Waals surface area contributed by atoms with Crippen molar-refractivity contribution in [3.8, 4) is 6.07 Å². The Hall–Kier alpha value is -2.80. The predicted octanol–water partition coefficient (Wildman–Crippen LogP) is 4.92. The molecule has 2 N–H and O–H groups in total. The van der Waals surface area contributed by atoms with Crippen LogP contribution >= 0.6 is 15.9 Å². The molecule has 0 amide bonds. The molecule has 0 aliphatic heterocycles. The summed E-state index contributed by atoms with van der Waals surface area (Å²) >= 11 is 3.24. The third-order valence-corrected chi connectivity index (χ3v) is 5.61. The second-order valence-corrected chi connectivity index (χ2v) is 7.81. The molecule has 0 unspecified atom stereocenters. The fraction of sp³-hybridized carbons (Fsp3) is 0.318. The molecular formula is C22H23BrFN5O2. The number of nitriles is 1. The molecule has 31 heavy (non-hydrogen) atoms. The third-order valence-electron chi connectivity index (χ3n) is 5.01. The Morgan fingerprint density at radius 2 is 1.97 bits per heavy atom. The van der Waals surface area contributed by atoms with Gasteiger partial charge in [-0.3, -0.25) is 0 Å². The zero-order valence-electron chi connectivity index (χ0n) is 17.7. The van der Waals surface area contributed by atoms with E-state index in [2.05, 4.69) is 42.6 Å². The van der Waals surface area contributed by atoms with Gasteiger partial charge in [-0.25, -0.2) is 9.37 Å². The quantitative estimate of drug-likeness (QED) is 0.435. The lowest BCUT2D eigenvalue weighted by molar-refractivity contribution is -0.0914. The van der Waals surface area contributed by atoms with Gasteiger partial charge in [0.1, 0.15) is 11.6 Å². The number of ether oxygens (including phenoxy) is 2. The zero-order chi connectivity index (χ0) is 22.5. The van der Waals surface area contributed by atoms with Gasteiger partial charge in [0.05, 0.1) is 34.2 Å². The molecule has 1 aromatic heterocycles. The second kappa shape index (κ2) is 10.0. The third kappa shape index (κ3) is 5.10. The topological polar surface area (TPSA) is 92.1 Å².